The number of nitrogens with two attached hydrogens (primary N) is 1. The molecule has 0 aromatic heterocycles. The molecule has 1 unspecified atom stereocenters. The summed E-state index contributed by atoms with van der Waals surface area (Å²) >= 11 is 0. The second-order valence-corrected chi connectivity index (χ2v) is 9.14. The van der Waals surface area contributed by atoms with Crippen LogP contribution in [0.3, 0.4) is 0 Å². The topological polar surface area (TPSA) is 91.0 Å². The van der Waals surface area contributed by atoms with Gasteiger partial charge in [-0.05, 0) is 50.3 Å². The normalized spacial score (nSPS) is 32.5. The third-order valence-electron chi connectivity index (χ3n) is 7.31. The second-order valence-electron chi connectivity index (χ2n) is 9.14. The van der Waals surface area contributed by atoms with E-state index in [1.54, 1.807) is 13.8 Å². The first kappa shape index (κ1) is 25.1. The second kappa shape index (κ2) is 8.09. The van der Waals surface area contributed by atoms with E-state index in [0.29, 0.717) is 18.1 Å². The van der Waals surface area contributed by atoms with E-state index in [0.717, 1.165) is 24.3 Å². The molecule has 31 heavy (non-hydrogen) atoms. The van der Waals surface area contributed by atoms with Crippen molar-refractivity contribution in [3.63, 3.8) is 0 Å². The van der Waals surface area contributed by atoms with E-state index in [2.05, 4.69) is 30.0 Å². The number of carbonyl (C=O) groups is 1. The number of nitrogens with one attached hydrogen (secondary N) is 1. The molecule has 1 amide bonds. The minimum absolute atomic E-state index is 0.0366. The molecule has 1 aliphatic heterocycles. The average molecular weight is 443 g/mol. The van der Waals surface area contributed by atoms with E-state index in [1.165, 1.54) is 6.21 Å². The summed E-state index contributed by atoms with van der Waals surface area (Å²) in [7, 11) is 0. The summed E-state index contributed by atoms with van der Waals surface area (Å²) in [5.41, 5.74) is 1.20. The van der Waals surface area contributed by atoms with Crippen molar-refractivity contribution < 1.29 is 23.1 Å². The summed E-state index contributed by atoms with van der Waals surface area (Å²) in [6.07, 6.45) is -1.84. The first-order valence-electron chi connectivity index (χ1n) is 10.2. The zero-order valence-corrected chi connectivity index (χ0v) is 18.6. The van der Waals surface area contributed by atoms with Crippen molar-refractivity contribution in [2.75, 3.05) is 13.1 Å². The van der Waals surface area contributed by atoms with Crippen LogP contribution in [-0.2, 0) is 4.79 Å². The first-order valence-corrected chi connectivity index (χ1v) is 10.2. The number of hydrogen-bond acceptors (Lipinski definition) is 5. The van der Waals surface area contributed by atoms with Gasteiger partial charge >= 0.3 is 6.18 Å². The molecular formula is C22H33F3N4O2. The van der Waals surface area contributed by atoms with E-state index in [-0.39, 0.29) is 24.3 Å². The van der Waals surface area contributed by atoms with Gasteiger partial charge in [0, 0.05) is 24.2 Å². The zero-order chi connectivity index (χ0) is 24.0. The van der Waals surface area contributed by atoms with Crippen LogP contribution in [0, 0.1) is 11.3 Å². The van der Waals surface area contributed by atoms with Crippen molar-refractivity contribution in [1.29, 1.82) is 0 Å². The third-order valence-corrected chi connectivity index (χ3v) is 7.31. The van der Waals surface area contributed by atoms with E-state index in [4.69, 9.17) is 5.73 Å². The van der Waals surface area contributed by atoms with E-state index in [9.17, 15) is 23.1 Å². The largest absolute Gasteiger partial charge is 0.426 e. The van der Waals surface area contributed by atoms with Gasteiger partial charge in [-0.25, -0.2) is 4.99 Å². The van der Waals surface area contributed by atoms with Crippen LogP contribution in [0.4, 0.5) is 13.2 Å². The monoisotopic (exact) mass is 442 g/mol. The van der Waals surface area contributed by atoms with Gasteiger partial charge in [0.05, 0.1) is 5.54 Å². The molecule has 1 aliphatic carbocycles. The maximum absolute atomic E-state index is 13.5. The highest BCUT2D eigenvalue weighted by molar-refractivity contribution is 5.89. The number of aliphatic hydroxyl groups is 1. The summed E-state index contributed by atoms with van der Waals surface area (Å²) in [4.78, 5) is 18.2. The zero-order valence-electron chi connectivity index (χ0n) is 18.6. The van der Waals surface area contributed by atoms with Crippen LogP contribution in [-0.4, -0.2) is 58.6 Å². The van der Waals surface area contributed by atoms with Crippen molar-refractivity contribution in [2.24, 2.45) is 22.1 Å². The number of alkyl halides is 3. The van der Waals surface area contributed by atoms with Crippen molar-refractivity contribution >= 4 is 12.1 Å². The maximum Gasteiger partial charge on any atom is 0.426 e. The lowest BCUT2D eigenvalue weighted by Crippen LogP contribution is -2.60. The van der Waals surface area contributed by atoms with Gasteiger partial charge in [-0.3, -0.25) is 4.79 Å². The number of halogens is 3. The Morgan fingerprint density at radius 2 is 1.94 bits per heavy atom. The highest BCUT2D eigenvalue weighted by atomic mass is 19.4. The van der Waals surface area contributed by atoms with Crippen LogP contribution in [0.25, 0.3) is 0 Å². The van der Waals surface area contributed by atoms with Gasteiger partial charge in [0.1, 0.15) is 5.82 Å². The van der Waals surface area contributed by atoms with Crippen LogP contribution >= 0.6 is 0 Å². The molecule has 1 heterocycles. The maximum atomic E-state index is 13.5. The van der Waals surface area contributed by atoms with Crippen LogP contribution in [0.5, 0.6) is 0 Å². The Kier molecular flexibility index (Phi) is 6.56. The van der Waals surface area contributed by atoms with Crippen LogP contribution < -0.4 is 11.1 Å². The third kappa shape index (κ3) is 4.17. The molecule has 2 rings (SSSR count). The molecule has 0 aromatic rings. The van der Waals surface area contributed by atoms with Crippen LogP contribution in [0.1, 0.15) is 40.5 Å². The van der Waals surface area contributed by atoms with Crippen molar-refractivity contribution in [3.05, 3.63) is 36.7 Å². The highest BCUT2D eigenvalue weighted by Crippen LogP contribution is 2.64. The smallest absolute Gasteiger partial charge is 0.384 e. The molecule has 174 valence electrons. The minimum Gasteiger partial charge on any atom is -0.384 e. The number of rotatable bonds is 8. The number of hydrogen-bond donors (Lipinski definition) is 3. The minimum atomic E-state index is -5.14. The van der Waals surface area contributed by atoms with E-state index < -0.39 is 28.6 Å². The molecule has 6 nitrogen and oxygen atoms in total. The molecule has 1 saturated heterocycles. The Balaban J connectivity index is 2.44. The van der Waals surface area contributed by atoms with E-state index >= 15 is 0 Å². The fourth-order valence-corrected chi connectivity index (χ4v) is 4.40. The Labute approximate surface area is 181 Å². The number of carbonyl (C=O) groups excluding carboxylic acids is 1. The Morgan fingerprint density at radius 1 is 1.35 bits per heavy atom. The lowest BCUT2D eigenvalue weighted by Gasteiger charge is -2.39. The average Bonchev–Trinajstić information content (AvgIpc) is 3.06. The number of amides is 1. The van der Waals surface area contributed by atoms with Crippen molar-refractivity contribution in [2.45, 2.75) is 63.9 Å². The predicted molar refractivity (Wildman–Crippen MR) is 115 cm³/mol. The molecule has 0 aromatic carbocycles. The van der Waals surface area contributed by atoms with Gasteiger partial charge in [0.25, 0.3) is 5.91 Å². The fraction of sp³-hybridized carbons (Fsp3) is 0.636. The summed E-state index contributed by atoms with van der Waals surface area (Å²) < 4.78 is 40.6. The summed E-state index contributed by atoms with van der Waals surface area (Å²) in [6.45, 7) is 17.9. The van der Waals surface area contributed by atoms with Crippen molar-refractivity contribution in [3.8, 4) is 0 Å². The van der Waals surface area contributed by atoms with Gasteiger partial charge in [-0.1, -0.05) is 33.6 Å². The molecule has 2 fully saturated rings. The van der Waals surface area contributed by atoms with Gasteiger partial charge in [-0.15, -0.1) is 0 Å². The lowest BCUT2D eigenvalue weighted by molar-refractivity contribution is -0.251. The Hall–Kier alpha value is -2.13. The van der Waals surface area contributed by atoms with Gasteiger partial charge in [0.15, 0.2) is 0 Å². The Morgan fingerprint density at radius 3 is 2.39 bits per heavy atom. The quantitative estimate of drug-likeness (QED) is 0.398. The van der Waals surface area contributed by atoms with Crippen LogP contribution in [0.2, 0.25) is 0 Å². The van der Waals surface area contributed by atoms with Gasteiger partial charge < -0.3 is 21.1 Å². The molecule has 4 N–H and O–H groups in total. The van der Waals surface area contributed by atoms with Crippen molar-refractivity contribution in [1.82, 2.24) is 10.2 Å². The fourth-order valence-electron chi connectivity index (χ4n) is 4.40. The molecule has 1 saturated carbocycles. The lowest BCUT2D eigenvalue weighted by atomic mass is 9.95. The molecule has 0 bridgehead atoms. The molecule has 2 aliphatic rings. The van der Waals surface area contributed by atoms with Gasteiger partial charge in [-0.2, -0.15) is 13.2 Å². The predicted octanol–water partition coefficient (Wildman–Crippen LogP) is 2.91. The first-order chi connectivity index (χ1) is 14.0. The standard InChI is InChI=1S/C22H33F3N4O2/c1-13(14(2)17-9-8-10-27-17)11-29(18(30)21(7,31)22(23,24)25)20(6)15(3)19(20,5)12-28-16(4)26/h12,15,17,27,31H,1-2,4,8-11,26H2,3,5-7H3/t15-,17+,19+,20?,21+/m1/s1. The molecule has 0 spiro atoms. The number of nitrogens with zero attached hydrogens (tertiary/aromatic N) is 2. The van der Waals surface area contributed by atoms with Gasteiger partial charge in [0.2, 0.25) is 5.60 Å². The Bertz CT molecular complexity index is 814. The highest BCUT2D eigenvalue weighted by Gasteiger charge is 2.73. The number of aliphatic imine (C=N–C) groups is 1. The SMILES string of the molecule is C=C(N)N=C[C@@]1(C)[C@@H](C)C1(C)N(CC(=C)C(=C)[C@@H]1CCCN1)C(=O)[C@](C)(O)C(F)(F)F. The molecular weight excluding hydrogens is 409 g/mol. The summed E-state index contributed by atoms with van der Waals surface area (Å²) in [6, 6.07) is -0.0366. The molecule has 5 atom stereocenters. The van der Waals surface area contributed by atoms with Crippen LogP contribution in [0.15, 0.2) is 41.7 Å². The summed E-state index contributed by atoms with van der Waals surface area (Å²) in [5, 5.41) is 13.4. The summed E-state index contributed by atoms with van der Waals surface area (Å²) in [5.74, 6) is -1.65. The van der Waals surface area contributed by atoms with E-state index in [1.807, 2.05) is 6.92 Å². The molecule has 9 heteroatoms. The molecule has 0 radical (unpaired) electrons.